The largest absolute Gasteiger partial charge is 0.419 e. The summed E-state index contributed by atoms with van der Waals surface area (Å²) >= 11 is 0. The van der Waals surface area contributed by atoms with Gasteiger partial charge in [0.1, 0.15) is 0 Å². The Bertz CT molecular complexity index is 436. The van der Waals surface area contributed by atoms with Gasteiger partial charge in [0.15, 0.2) is 32.1 Å². The minimum Gasteiger partial charge on any atom is -0.419 e. The van der Waals surface area contributed by atoms with Gasteiger partial charge in [0.2, 0.25) is 0 Å². The monoisotopic (exact) mass is 566 g/mol. The Labute approximate surface area is 234 Å². The third-order valence-electron chi connectivity index (χ3n) is 7.12. The molecule has 0 aromatic rings. The van der Waals surface area contributed by atoms with Gasteiger partial charge in [0.25, 0.3) is 0 Å². The zero-order valence-electron chi connectivity index (χ0n) is 25.7. The lowest BCUT2D eigenvalue weighted by Crippen LogP contribution is -2.29. The van der Waals surface area contributed by atoms with Crippen LogP contribution in [0.25, 0.3) is 0 Å². The smallest absolute Gasteiger partial charge is 0.178 e. The van der Waals surface area contributed by atoms with Crippen molar-refractivity contribution >= 4 is 19.5 Å². The lowest BCUT2D eigenvalue weighted by molar-refractivity contribution is -0.122. The zero-order valence-corrected chi connectivity index (χ0v) is 28.5. The number of rotatable bonds is 28. The van der Waals surface area contributed by atoms with Gasteiger partial charge in [-0.25, -0.2) is 0 Å². The van der Waals surface area contributed by atoms with Gasteiger partial charge in [0, 0.05) is 28.4 Å². The highest BCUT2D eigenvalue weighted by molar-refractivity contribution is 6.29. The molecule has 0 fully saturated rings. The summed E-state index contributed by atoms with van der Waals surface area (Å²) in [4.78, 5) is 5.00. The van der Waals surface area contributed by atoms with Crippen molar-refractivity contribution in [3.05, 3.63) is 0 Å². The summed E-state index contributed by atoms with van der Waals surface area (Å²) in [5, 5.41) is 0. The van der Waals surface area contributed by atoms with Crippen molar-refractivity contribution < 1.29 is 27.8 Å². The van der Waals surface area contributed by atoms with E-state index in [0.29, 0.717) is 13.2 Å². The summed E-state index contributed by atoms with van der Waals surface area (Å²) in [7, 11) is 10.0. The van der Waals surface area contributed by atoms with Gasteiger partial charge in [-0.2, -0.15) is 0 Å². The van der Waals surface area contributed by atoms with Crippen LogP contribution in [-0.2, 0) is 27.8 Å². The lowest BCUT2D eigenvalue weighted by Gasteiger charge is -2.24. The molecule has 0 aliphatic carbocycles. The Morgan fingerprint density at radius 3 is 1.24 bits per heavy atom. The third-order valence-corrected chi connectivity index (χ3v) is 10.6. The molecule has 0 aromatic heterocycles. The van der Waals surface area contributed by atoms with Crippen LogP contribution in [0.15, 0.2) is 0 Å². The molecule has 0 saturated heterocycles. The van der Waals surface area contributed by atoms with E-state index in [1.807, 2.05) is 0 Å². The molecule has 0 rings (SSSR count). The van der Waals surface area contributed by atoms with Crippen molar-refractivity contribution in [2.24, 2.45) is 0 Å². The summed E-state index contributed by atoms with van der Waals surface area (Å²) in [6, 6.07) is 0. The lowest BCUT2D eigenvalue weighted by atomic mass is 10.1. The topological polar surface area (TPSA) is 61.9 Å². The molecule has 224 valence electrons. The van der Waals surface area contributed by atoms with Gasteiger partial charge in [-0.1, -0.05) is 52.4 Å². The molecule has 2 atom stereocenters. The highest BCUT2D eigenvalue weighted by Crippen LogP contribution is 2.20. The molecule has 0 aliphatic heterocycles. The second-order valence-corrected chi connectivity index (χ2v) is 14.2. The predicted octanol–water partition coefficient (Wildman–Crippen LogP) is 3.42. The van der Waals surface area contributed by atoms with Crippen molar-refractivity contribution in [1.82, 2.24) is 9.80 Å². The Morgan fingerprint density at radius 2 is 0.919 bits per heavy atom. The highest BCUT2D eigenvalue weighted by Gasteiger charge is 2.15. The van der Waals surface area contributed by atoms with Crippen LogP contribution in [-0.4, -0.2) is 124 Å². The van der Waals surface area contributed by atoms with Crippen LogP contribution < -0.4 is 0 Å². The summed E-state index contributed by atoms with van der Waals surface area (Å²) in [6.45, 7) is 10.2. The number of ether oxygens (including phenoxy) is 4. The van der Waals surface area contributed by atoms with Gasteiger partial charge in [0.05, 0.1) is 13.2 Å². The first-order valence-corrected chi connectivity index (χ1v) is 17.4. The van der Waals surface area contributed by atoms with Crippen molar-refractivity contribution in [2.75, 3.05) is 81.9 Å². The van der Waals surface area contributed by atoms with E-state index >= 15 is 0 Å². The molecule has 0 aromatic carbocycles. The summed E-state index contributed by atoms with van der Waals surface area (Å²) in [5.41, 5.74) is 1.46. The van der Waals surface area contributed by atoms with E-state index in [1.54, 1.807) is 28.4 Å². The molecule has 37 heavy (non-hydrogen) atoms. The zero-order chi connectivity index (χ0) is 27.7. The second kappa shape index (κ2) is 26.3. The first kappa shape index (κ1) is 37.1. The molecule has 0 heterocycles. The van der Waals surface area contributed by atoms with E-state index in [0.717, 1.165) is 37.3 Å². The van der Waals surface area contributed by atoms with Crippen molar-refractivity contribution in [2.45, 2.75) is 95.3 Å². The quantitative estimate of drug-likeness (QED) is 0.105. The maximum absolute atomic E-state index is 6.04. The van der Waals surface area contributed by atoms with E-state index in [-0.39, 0.29) is 12.6 Å². The Morgan fingerprint density at radius 1 is 0.541 bits per heavy atom. The highest BCUT2D eigenvalue weighted by atomic mass is 28.2. The number of methoxy groups -OCH3 is 4. The van der Waals surface area contributed by atoms with E-state index in [9.17, 15) is 0 Å². The first-order valence-electron chi connectivity index (χ1n) is 14.6. The van der Waals surface area contributed by atoms with Crippen LogP contribution in [0.2, 0.25) is 11.1 Å². The van der Waals surface area contributed by atoms with Gasteiger partial charge in [-0.15, -0.1) is 0 Å². The fraction of sp³-hybridized carbons (Fsp3) is 1.00. The first-order chi connectivity index (χ1) is 17.9. The fourth-order valence-corrected chi connectivity index (χ4v) is 7.31. The van der Waals surface area contributed by atoms with E-state index in [1.165, 1.54) is 57.8 Å². The Hall–Kier alpha value is 0.114. The van der Waals surface area contributed by atoms with Crippen molar-refractivity contribution in [3.63, 3.8) is 0 Å². The van der Waals surface area contributed by atoms with Crippen LogP contribution in [0.1, 0.15) is 71.6 Å². The number of hydrogen-bond acceptors (Lipinski definition) is 8. The molecule has 0 saturated carbocycles. The molecule has 0 radical (unpaired) electrons. The minimum atomic E-state index is -0.583. The molecule has 0 aliphatic rings. The van der Waals surface area contributed by atoms with Crippen LogP contribution in [0.5, 0.6) is 0 Å². The molecule has 8 nitrogen and oxygen atoms in total. The van der Waals surface area contributed by atoms with Gasteiger partial charge in [-0.3, -0.25) is 0 Å². The van der Waals surface area contributed by atoms with Gasteiger partial charge >= 0.3 is 0 Å². The van der Waals surface area contributed by atoms with E-state index < -0.39 is 19.5 Å². The Kier molecular flexibility index (Phi) is 26.4. The van der Waals surface area contributed by atoms with E-state index in [4.69, 9.17) is 27.8 Å². The molecule has 0 spiro atoms. The molecule has 0 amide bonds. The van der Waals surface area contributed by atoms with Crippen LogP contribution in [0.4, 0.5) is 0 Å². The average molecular weight is 567 g/mol. The summed E-state index contributed by atoms with van der Waals surface area (Å²) in [6.07, 6.45) is 10.9. The Balaban J connectivity index is 4.23. The molecular weight excluding hydrogens is 504 g/mol. The number of hydrogen-bond donors (Lipinski definition) is 0. The van der Waals surface area contributed by atoms with Crippen molar-refractivity contribution in [1.29, 1.82) is 0 Å². The minimum absolute atomic E-state index is 0.241. The summed E-state index contributed by atoms with van der Waals surface area (Å²) < 4.78 is 33.1. The molecule has 0 bridgehead atoms. The van der Waals surface area contributed by atoms with Crippen LogP contribution in [0.3, 0.4) is 0 Å². The summed E-state index contributed by atoms with van der Waals surface area (Å²) in [5.74, 6) is 0. The van der Waals surface area contributed by atoms with E-state index in [2.05, 4.69) is 37.7 Å². The molecule has 10 heteroatoms. The number of unbranched alkanes of at least 4 members (excludes halogenated alkanes) is 2. The molecule has 2 unspecified atom stereocenters. The average Bonchev–Trinajstić information content (AvgIpc) is 2.91. The standard InChI is InChI=1S/C27H62N2O6Si2/c1-9-11-14-24(36-34-22-26(30-5)31-6)16-20-28(3)18-13-19-29(4)21-17-25(15-12-10-2)37-35-23-27(32-7)33-8/h24-27H,9-23,36-37H2,1-8H3. The SMILES string of the molecule is CCCCC(CCN(C)CCCN(C)CCC(CCCC)[SiH2]OCC(OC)OC)[SiH2]OCC(OC)OC. The number of nitrogens with zero attached hydrogens (tertiary/aromatic N) is 2. The fourth-order valence-electron chi connectivity index (χ4n) is 4.37. The normalized spacial score (nSPS) is 14.6. The molecular formula is C27H62N2O6Si2. The van der Waals surface area contributed by atoms with Gasteiger partial charge < -0.3 is 37.6 Å². The van der Waals surface area contributed by atoms with Crippen molar-refractivity contribution in [3.8, 4) is 0 Å². The second-order valence-electron chi connectivity index (χ2n) is 10.4. The van der Waals surface area contributed by atoms with Crippen LogP contribution in [0, 0.1) is 0 Å². The van der Waals surface area contributed by atoms with Crippen LogP contribution >= 0.6 is 0 Å². The third kappa shape index (κ3) is 21.6. The predicted molar refractivity (Wildman–Crippen MR) is 160 cm³/mol. The molecule has 0 N–H and O–H groups in total. The maximum Gasteiger partial charge on any atom is 0.178 e. The maximum atomic E-state index is 6.04. The van der Waals surface area contributed by atoms with Gasteiger partial charge in [-0.05, 0) is 70.6 Å².